The number of phenols is 1. The molecule has 3 aromatic rings. The first-order valence-corrected chi connectivity index (χ1v) is 15.8. The number of benzene rings is 3. The number of fused-ring (bicyclic) bond motifs is 4. The van der Waals surface area contributed by atoms with Crippen LogP contribution in [0.5, 0.6) is 11.5 Å². The number of carbonyl (C=O) groups excluding carboxylic acids is 4. The number of amides is 4. The molecular weight excluding hydrogens is 634 g/mol. The maximum atomic E-state index is 14.5. The van der Waals surface area contributed by atoms with Gasteiger partial charge < -0.3 is 9.84 Å². The Hall–Kier alpha value is -4.21. The normalized spacial score (nSPS) is 30.2. The van der Waals surface area contributed by atoms with Crippen molar-refractivity contribution in [1.29, 1.82) is 0 Å². The third kappa shape index (κ3) is 4.04. The molecule has 0 spiro atoms. The van der Waals surface area contributed by atoms with E-state index in [9.17, 15) is 28.7 Å². The second-order valence-corrected chi connectivity index (χ2v) is 13.5. The molecule has 4 aliphatic rings. The number of phenolic OH excluding ortho intramolecular Hbond substituents is 1. The van der Waals surface area contributed by atoms with Crippen LogP contribution in [0, 0.1) is 23.6 Å². The van der Waals surface area contributed by atoms with E-state index in [-0.39, 0.29) is 35.9 Å². The fraction of sp³-hybridized carbons (Fsp3) is 0.314. The second kappa shape index (κ2) is 10.7. The molecule has 6 unspecified atom stereocenters. The number of allylic oxidation sites excluding steroid dienone is 2. The van der Waals surface area contributed by atoms with Gasteiger partial charge in [0, 0.05) is 17.5 Å². The summed E-state index contributed by atoms with van der Waals surface area (Å²) >= 11 is 14.8. The fourth-order valence-electron chi connectivity index (χ4n) is 7.82. The molecule has 1 N–H and O–H groups in total. The number of imide groups is 2. The van der Waals surface area contributed by atoms with Crippen molar-refractivity contribution in [3.8, 4) is 11.5 Å². The van der Waals surface area contributed by atoms with E-state index in [0.717, 1.165) is 29.0 Å². The van der Waals surface area contributed by atoms with Crippen LogP contribution in [0.1, 0.15) is 36.8 Å². The number of aryl methyl sites for hydroxylation is 1. The first-order valence-electron chi connectivity index (χ1n) is 15.0. The number of hydrogen-bond donors (Lipinski definition) is 1. The number of hydrogen-bond acceptors (Lipinski definition) is 6. The fourth-order valence-corrected chi connectivity index (χ4v) is 8.74. The molecule has 8 nitrogen and oxygen atoms in total. The summed E-state index contributed by atoms with van der Waals surface area (Å²) in [4.78, 5) is 54.8. The summed E-state index contributed by atoms with van der Waals surface area (Å²) in [7, 11) is 1.39. The van der Waals surface area contributed by atoms with E-state index in [1.807, 2.05) is 25.1 Å². The van der Waals surface area contributed by atoms with Gasteiger partial charge in [0.05, 0.1) is 30.3 Å². The molecule has 11 heteroatoms. The highest BCUT2D eigenvalue weighted by Crippen LogP contribution is 2.66. The van der Waals surface area contributed by atoms with Crippen molar-refractivity contribution in [3.05, 3.63) is 95.3 Å². The van der Waals surface area contributed by atoms with Crippen LogP contribution in [0.4, 0.5) is 15.8 Å². The van der Waals surface area contributed by atoms with Gasteiger partial charge in [-0.2, -0.15) is 0 Å². The number of rotatable bonds is 5. The number of anilines is 2. The lowest BCUT2D eigenvalue weighted by molar-refractivity contribution is -0.125. The summed E-state index contributed by atoms with van der Waals surface area (Å²) in [6.07, 6.45) is 2.63. The predicted octanol–water partition coefficient (Wildman–Crippen LogP) is 5.87. The maximum Gasteiger partial charge on any atom is 0.258 e. The molecule has 0 aromatic heterocycles. The summed E-state index contributed by atoms with van der Waals surface area (Å²) in [6, 6.07) is 16.4. The minimum absolute atomic E-state index is 0.0888. The number of methoxy groups -OCH3 is 1. The molecule has 6 atom stereocenters. The monoisotopic (exact) mass is 662 g/mol. The third-order valence-electron chi connectivity index (χ3n) is 10.0. The van der Waals surface area contributed by atoms with Crippen LogP contribution >= 0.6 is 23.2 Å². The van der Waals surface area contributed by atoms with Gasteiger partial charge in [-0.05, 0) is 73.2 Å². The van der Waals surface area contributed by atoms with Gasteiger partial charge in [-0.15, -0.1) is 23.2 Å². The average molecular weight is 664 g/mol. The number of nitrogens with zero attached hydrogens (tertiary/aromatic N) is 2. The van der Waals surface area contributed by atoms with Gasteiger partial charge in [-0.3, -0.25) is 24.1 Å². The minimum atomic E-state index is -2.11. The van der Waals surface area contributed by atoms with E-state index in [4.69, 9.17) is 27.9 Å². The molecule has 4 amide bonds. The van der Waals surface area contributed by atoms with Crippen LogP contribution in [0.3, 0.4) is 0 Å². The first-order chi connectivity index (χ1) is 22.0. The molecule has 1 saturated carbocycles. The van der Waals surface area contributed by atoms with Crippen molar-refractivity contribution >= 4 is 58.2 Å². The number of ether oxygens (including phenoxy) is 1. The second-order valence-electron chi connectivity index (χ2n) is 12.2. The Morgan fingerprint density at radius 2 is 1.54 bits per heavy atom. The van der Waals surface area contributed by atoms with Crippen LogP contribution in [-0.4, -0.2) is 45.6 Å². The van der Waals surface area contributed by atoms with E-state index < -0.39 is 57.0 Å². The Morgan fingerprint density at radius 1 is 0.891 bits per heavy atom. The highest BCUT2D eigenvalue weighted by molar-refractivity contribution is 6.58. The van der Waals surface area contributed by atoms with Gasteiger partial charge in [-0.1, -0.05) is 36.8 Å². The van der Waals surface area contributed by atoms with Crippen LogP contribution < -0.4 is 14.5 Å². The number of carbonyl (C=O) groups is 4. The number of aromatic hydroxyl groups is 1. The molecule has 2 aliphatic carbocycles. The minimum Gasteiger partial charge on any atom is -0.508 e. The molecule has 7 rings (SSSR count). The van der Waals surface area contributed by atoms with Crippen LogP contribution in [0.15, 0.2) is 78.4 Å². The zero-order valence-corrected chi connectivity index (χ0v) is 26.4. The van der Waals surface area contributed by atoms with E-state index in [0.29, 0.717) is 16.8 Å². The van der Waals surface area contributed by atoms with Crippen molar-refractivity contribution in [3.63, 3.8) is 0 Å². The van der Waals surface area contributed by atoms with Crippen molar-refractivity contribution < 1.29 is 33.4 Å². The summed E-state index contributed by atoms with van der Waals surface area (Å²) in [5.41, 5.74) is 2.56. The Balaban J connectivity index is 1.40. The maximum absolute atomic E-state index is 14.5. The summed E-state index contributed by atoms with van der Waals surface area (Å²) in [5, 5.41) is 10.3. The Bertz CT molecular complexity index is 1850. The molecule has 0 bridgehead atoms. The quantitative estimate of drug-likeness (QED) is 0.208. The van der Waals surface area contributed by atoms with Gasteiger partial charge >= 0.3 is 0 Å². The van der Waals surface area contributed by atoms with Crippen molar-refractivity contribution in [2.75, 3.05) is 16.9 Å². The van der Waals surface area contributed by atoms with Gasteiger partial charge in [0.2, 0.25) is 11.8 Å². The highest BCUT2D eigenvalue weighted by Gasteiger charge is 2.77. The lowest BCUT2D eigenvalue weighted by Gasteiger charge is -2.50. The average Bonchev–Trinajstić information content (AvgIpc) is 3.39. The largest absolute Gasteiger partial charge is 0.508 e. The first kappa shape index (κ1) is 30.4. The molecular formula is C35H29Cl2FN2O6. The molecule has 236 valence electrons. The number of halogens is 3. The van der Waals surface area contributed by atoms with Gasteiger partial charge in [0.15, 0.2) is 9.75 Å². The summed E-state index contributed by atoms with van der Waals surface area (Å²) < 4.78 is 19.5. The summed E-state index contributed by atoms with van der Waals surface area (Å²) in [5.74, 6) is -6.27. The molecule has 3 fully saturated rings. The number of alkyl halides is 2. The molecule has 3 aromatic carbocycles. The van der Waals surface area contributed by atoms with Crippen molar-refractivity contribution in [2.45, 2.75) is 41.9 Å². The van der Waals surface area contributed by atoms with Crippen molar-refractivity contribution in [2.24, 2.45) is 17.8 Å². The van der Waals surface area contributed by atoms with Gasteiger partial charge in [-0.25, -0.2) is 9.29 Å². The van der Waals surface area contributed by atoms with Crippen molar-refractivity contribution in [1.82, 2.24) is 0 Å². The Labute approximate surface area is 274 Å². The van der Waals surface area contributed by atoms with Crippen LogP contribution in [0.2, 0.25) is 0 Å². The lowest BCUT2D eigenvalue weighted by Crippen LogP contribution is -2.60. The van der Waals surface area contributed by atoms with Gasteiger partial charge in [0.25, 0.3) is 11.8 Å². The summed E-state index contributed by atoms with van der Waals surface area (Å²) in [6.45, 7) is 2.01. The zero-order valence-electron chi connectivity index (χ0n) is 24.9. The Morgan fingerprint density at radius 3 is 2.20 bits per heavy atom. The topological polar surface area (TPSA) is 104 Å². The predicted molar refractivity (Wildman–Crippen MR) is 170 cm³/mol. The lowest BCUT2D eigenvalue weighted by atomic mass is 9.56. The Kier molecular flexibility index (Phi) is 7.06. The van der Waals surface area contributed by atoms with E-state index in [1.54, 1.807) is 18.2 Å². The van der Waals surface area contributed by atoms with Crippen LogP contribution in [0.25, 0.3) is 0 Å². The SMILES string of the molecule is CCc1ccc(N2C(=O)C3CC=C4C(CC5(Cl)C(=O)N(c6ccc(F)cc6)C(=O)C5(Cl)C4c4ccc(O)cc4OC)C3C2=O)cc1. The van der Waals surface area contributed by atoms with Gasteiger partial charge in [0.1, 0.15) is 17.3 Å². The standard InChI is InChI=1S/C35H29Cl2FN2O6/c1-3-18-4-8-20(9-5-18)39-30(42)25-15-14-23-26(28(25)31(39)43)17-34(36)32(44)40(21-10-6-19(38)7-11-21)33(45)35(34,37)29(23)24-13-12-22(41)16-27(24)46-2/h4-14,16,25-26,28-29,41H,3,15,17H2,1-2H3. The third-order valence-corrected chi connectivity index (χ3v) is 11.4. The smallest absolute Gasteiger partial charge is 0.258 e. The highest BCUT2D eigenvalue weighted by atomic mass is 35.5. The van der Waals surface area contributed by atoms with E-state index in [1.165, 1.54) is 36.3 Å². The van der Waals surface area contributed by atoms with E-state index in [2.05, 4.69) is 0 Å². The molecule has 2 heterocycles. The van der Waals surface area contributed by atoms with E-state index >= 15 is 0 Å². The molecule has 2 aliphatic heterocycles. The zero-order chi connectivity index (χ0) is 32.7. The van der Waals surface area contributed by atoms with Crippen LogP contribution in [-0.2, 0) is 25.6 Å². The molecule has 46 heavy (non-hydrogen) atoms. The molecule has 2 saturated heterocycles. The molecule has 0 radical (unpaired) electrons.